The summed E-state index contributed by atoms with van der Waals surface area (Å²) < 4.78 is 17.3. The maximum absolute atomic E-state index is 12.6. The zero-order valence-corrected chi connectivity index (χ0v) is 6.20. The first kappa shape index (κ1) is 8.64. The molecule has 3 nitrogen and oxygen atoms in total. The Morgan fingerprint density at radius 1 is 1.73 bits per heavy atom. The van der Waals surface area contributed by atoms with Crippen LogP contribution in [0.15, 0.2) is 11.6 Å². The van der Waals surface area contributed by atoms with Gasteiger partial charge in [0.25, 0.3) is 0 Å². The topological polar surface area (TPSA) is 49.7 Å². The molecule has 4 heteroatoms. The van der Waals surface area contributed by atoms with Crippen molar-refractivity contribution in [3.8, 4) is 0 Å². The Morgan fingerprint density at radius 2 is 2.36 bits per heavy atom. The van der Waals surface area contributed by atoms with Crippen LogP contribution in [0.5, 0.6) is 0 Å². The molecule has 0 aromatic rings. The van der Waals surface area contributed by atoms with Crippen LogP contribution in [-0.2, 0) is 4.74 Å². The number of hydrogen-bond acceptors (Lipinski definition) is 3. The second-order valence-corrected chi connectivity index (χ2v) is 2.55. The van der Waals surface area contributed by atoms with Gasteiger partial charge in [-0.05, 0) is 18.6 Å². The third-order valence-electron chi connectivity index (χ3n) is 1.67. The van der Waals surface area contributed by atoms with Crippen LogP contribution in [0.2, 0.25) is 0 Å². The summed E-state index contributed by atoms with van der Waals surface area (Å²) in [5.74, 6) is 0. The average molecular weight is 162 g/mol. The van der Waals surface area contributed by atoms with Gasteiger partial charge in [0.1, 0.15) is 6.10 Å². The monoisotopic (exact) mass is 162 g/mol. The van der Waals surface area contributed by atoms with Crippen molar-refractivity contribution >= 4 is 0 Å². The molecule has 0 aromatic heterocycles. The Balaban J connectivity index is 2.68. The van der Waals surface area contributed by atoms with Crippen LogP contribution in [0.25, 0.3) is 0 Å². The van der Waals surface area contributed by atoms with Gasteiger partial charge in [-0.25, -0.2) is 4.39 Å². The molecule has 3 atom stereocenters. The Bertz CT molecular complexity index is 169. The van der Waals surface area contributed by atoms with E-state index in [-0.39, 0.29) is 6.61 Å². The highest BCUT2D eigenvalue weighted by Crippen LogP contribution is 2.19. The van der Waals surface area contributed by atoms with E-state index in [1.165, 1.54) is 6.08 Å². The van der Waals surface area contributed by atoms with E-state index in [2.05, 4.69) is 0 Å². The van der Waals surface area contributed by atoms with Crippen molar-refractivity contribution in [1.82, 2.24) is 0 Å². The van der Waals surface area contributed by atoms with Crippen molar-refractivity contribution in [2.45, 2.75) is 25.5 Å². The lowest BCUT2D eigenvalue weighted by Crippen LogP contribution is -2.36. The molecule has 1 heterocycles. The lowest BCUT2D eigenvalue weighted by Gasteiger charge is -2.26. The van der Waals surface area contributed by atoms with Gasteiger partial charge in [0.15, 0.2) is 12.5 Å². The second-order valence-electron chi connectivity index (χ2n) is 2.55. The lowest BCUT2D eigenvalue weighted by molar-refractivity contribution is -0.167. The van der Waals surface area contributed by atoms with Gasteiger partial charge in [0.05, 0.1) is 6.61 Å². The Hall–Kier alpha value is -0.450. The van der Waals surface area contributed by atoms with E-state index in [9.17, 15) is 4.39 Å². The Kier molecular flexibility index (Phi) is 2.59. The second kappa shape index (κ2) is 3.30. The summed E-state index contributed by atoms with van der Waals surface area (Å²) in [6.45, 7) is 1.42. The molecule has 0 radical (unpaired) electrons. The fourth-order valence-electron chi connectivity index (χ4n) is 0.978. The predicted molar refractivity (Wildman–Crippen MR) is 36.6 cm³/mol. The molecule has 11 heavy (non-hydrogen) atoms. The first-order chi connectivity index (χ1) is 5.15. The fraction of sp³-hybridized carbons (Fsp3) is 0.714. The van der Waals surface area contributed by atoms with E-state index in [0.29, 0.717) is 5.57 Å². The predicted octanol–water partition coefficient (Wildman–Crippen LogP) is -0.0197. The van der Waals surface area contributed by atoms with E-state index in [1.807, 2.05) is 0 Å². The third kappa shape index (κ3) is 1.77. The van der Waals surface area contributed by atoms with Crippen molar-refractivity contribution in [3.63, 3.8) is 0 Å². The van der Waals surface area contributed by atoms with Crippen LogP contribution < -0.4 is 0 Å². The number of aliphatic hydroxyl groups excluding tert-OH is 2. The van der Waals surface area contributed by atoms with Gasteiger partial charge in [0.2, 0.25) is 0 Å². The molecule has 1 aliphatic heterocycles. The molecule has 0 fully saturated rings. The van der Waals surface area contributed by atoms with Crippen molar-refractivity contribution in [2.75, 3.05) is 6.61 Å². The van der Waals surface area contributed by atoms with Crippen molar-refractivity contribution in [1.29, 1.82) is 0 Å². The van der Waals surface area contributed by atoms with Crippen LogP contribution in [0.1, 0.15) is 6.92 Å². The number of alkyl halides is 1. The van der Waals surface area contributed by atoms with Crippen molar-refractivity contribution in [3.05, 3.63) is 11.6 Å². The van der Waals surface area contributed by atoms with Crippen LogP contribution in [0.3, 0.4) is 0 Å². The number of aliphatic hydroxyl groups is 2. The molecule has 0 saturated heterocycles. The lowest BCUT2D eigenvalue weighted by atomic mass is 10.1. The zero-order chi connectivity index (χ0) is 8.43. The van der Waals surface area contributed by atoms with Gasteiger partial charge < -0.3 is 14.9 Å². The van der Waals surface area contributed by atoms with Crippen LogP contribution >= 0.6 is 0 Å². The minimum absolute atomic E-state index is 0.230. The summed E-state index contributed by atoms with van der Waals surface area (Å²) >= 11 is 0. The number of rotatable bonds is 1. The fourth-order valence-corrected chi connectivity index (χ4v) is 0.978. The summed E-state index contributed by atoms with van der Waals surface area (Å²) in [6.07, 6.45) is -2.21. The molecule has 0 aromatic carbocycles. The van der Waals surface area contributed by atoms with Gasteiger partial charge in [-0.3, -0.25) is 0 Å². The molecular weight excluding hydrogens is 151 g/mol. The minimum Gasteiger partial charge on any atom is -0.393 e. The van der Waals surface area contributed by atoms with E-state index in [1.54, 1.807) is 6.92 Å². The van der Waals surface area contributed by atoms with Crippen LogP contribution in [0, 0.1) is 0 Å². The molecular formula is C7H11FO3. The summed E-state index contributed by atoms with van der Waals surface area (Å²) in [5, 5.41) is 17.5. The third-order valence-corrected chi connectivity index (χ3v) is 1.67. The van der Waals surface area contributed by atoms with Gasteiger partial charge >= 0.3 is 0 Å². The highest BCUT2D eigenvalue weighted by molar-refractivity contribution is 5.11. The SMILES string of the molecule is CC1=CC(F)C(O)OC1CO. The highest BCUT2D eigenvalue weighted by Gasteiger charge is 2.27. The summed E-state index contributed by atoms with van der Waals surface area (Å²) in [6, 6.07) is 0. The number of halogens is 1. The summed E-state index contributed by atoms with van der Waals surface area (Å²) in [7, 11) is 0. The molecule has 0 aliphatic carbocycles. The molecule has 0 spiro atoms. The summed E-state index contributed by atoms with van der Waals surface area (Å²) in [5.41, 5.74) is 0.616. The first-order valence-corrected chi connectivity index (χ1v) is 3.42. The van der Waals surface area contributed by atoms with Gasteiger partial charge in [-0.2, -0.15) is 0 Å². The molecule has 0 bridgehead atoms. The number of ether oxygens (including phenoxy) is 1. The van der Waals surface area contributed by atoms with Gasteiger partial charge in [-0.15, -0.1) is 0 Å². The molecule has 3 unspecified atom stereocenters. The Labute approximate surface area is 64.1 Å². The highest BCUT2D eigenvalue weighted by atomic mass is 19.1. The molecule has 1 rings (SSSR count). The normalized spacial score (nSPS) is 38.5. The molecule has 64 valence electrons. The first-order valence-electron chi connectivity index (χ1n) is 3.42. The van der Waals surface area contributed by atoms with Crippen LogP contribution in [0.4, 0.5) is 4.39 Å². The largest absolute Gasteiger partial charge is 0.393 e. The van der Waals surface area contributed by atoms with Gasteiger partial charge in [-0.1, -0.05) is 0 Å². The number of hydrogen-bond donors (Lipinski definition) is 2. The average Bonchev–Trinajstić information content (AvgIpc) is 1.97. The van der Waals surface area contributed by atoms with Crippen molar-refractivity contribution < 1.29 is 19.3 Å². The summed E-state index contributed by atoms with van der Waals surface area (Å²) in [4.78, 5) is 0. The van der Waals surface area contributed by atoms with E-state index in [4.69, 9.17) is 14.9 Å². The van der Waals surface area contributed by atoms with Crippen molar-refractivity contribution in [2.24, 2.45) is 0 Å². The smallest absolute Gasteiger partial charge is 0.190 e. The molecule has 1 aliphatic rings. The van der Waals surface area contributed by atoms with E-state index >= 15 is 0 Å². The minimum atomic E-state index is -1.47. The van der Waals surface area contributed by atoms with E-state index in [0.717, 1.165) is 0 Å². The van der Waals surface area contributed by atoms with Crippen LogP contribution in [-0.4, -0.2) is 35.4 Å². The molecule has 0 amide bonds. The maximum atomic E-state index is 12.6. The maximum Gasteiger partial charge on any atom is 0.190 e. The Morgan fingerprint density at radius 3 is 2.91 bits per heavy atom. The van der Waals surface area contributed by atoms with E-state index < -0.39 is 18.6 Å². The molecule has 2 N–H and O–H groups in total. The standard InChI is InChI=1S/C7H11FO3/c1-4-2-5(8)7(10)11-6(4)3-9/h2,5-7,9-10H,3H2,1H3. The quantitative estimate of drug-likeness (QED) is 0.533. The van der Waals surface area contributed by atoms with Gasteiger partial charge in [0, 0.05) is 0 Å². The zero-order valence-electron chi connectivity index (χ0n) is 6.20. The molecule has 0 saturated carbocycles.